The van der Waals surface area contributed by atoms with Crippen LogP contribution in [0.1, 0.15) is 10.4 Å². The Kier molecular flexibility index (Phi) is 7.64. The molecule has 8 heteroatoms. The fourth-order valence-corrected chi connectivity index (χ4v) is 3.07. The molecule has 0 aliphatic heterocycles. The topological polar surface area (TPSA) is 69.7 Å². The molecule has 0 amide bonds. The summed E-state index contributed by atoms with van der Waals surface area (Å²) in [6.45, 7) is 7.76. The molecule has 1 aromatic carbocycles. The predicted molar refractivity (Wildman–Crippen MR) is 110 cm³/mol. The second-order valence-electron chi connectivity index (χ2n) is 7.15. The number of ether oxygens (including phenoxy) is 3. The molecule has 1 aromatic heterocycles. The van der Waals surface area contributed by atoms with E-state index in [1.807, 2.05) is 6.07 Å². The fraction of sp³-hybridized carbons (Fsp3) is 0.368. The van der Waals surface area contributed by atoms with Crippen molar-refractivity contribution in [3.63, 3.8) is 0 Å². The van der Waals surface area contributed by atoms with Gasteiger partial charge in [0, 0.05) is 26.4 Å². The Labute approximate surface area is 165 Å². The van der Waals surface area contributed by atoms with E-state index in [4.69, 9.17) is 25.8 Å². The molecule has 0 bridgehead atoms. The van der Waals surface area contributed by atoms with E-state index in [1.165, 1.54) is 7.11 Å². The van der Waals surface area contributed by atoms with Crippen molar-refractivity contribution in [2.45, 2.75) is 25.7 Å². The van der Waals surface area contributed by atoms with Gasteiger partial charge >= 0.3 is 5.97 Å². The summed E-state index contributed by atoms with van der Waals surface area (Å²) in [5.41, 5.74) is 0.947. The van der Waals surface area contributed by atoms with E-state index in [1.54, 1.807) is 30.3 Å². The highest BCUT2D eigenvalue weighted by molar-refractivity contribution is 6.76. The smallest absolute Gasteiger partial charge is 0.339 e. The van der Waals surface area contributed by atoms with E-state index >= 15 is 0 Å². The first-order chi connectivity index (χ1) is 12.8. The molecule has 0 radical (unpaired) electrons. The third kappa shape index (κ3) is 7.20. The maximum absolute atomic E-state index is 11.7. The van der Waals surface area contributed by atoms with Gasteiger partial charge in [0.1, 0.15) is 5.82 Å². The van der Waals surface area contributed by atoms with Crippen molar-refractivity contribution in [2.24, 2.45) is 0 Å². The van der Waals surface area contributed by atoms with Gasteiger partial charge in [-0.15, -0.1) is 0 Å². The molecule has 0 fully saturated rings. The lowest BCUT2D eigenvalue weighted by Crippen LogP contribution is -2.22. The molecular formula is C19H25ClN2O4Si. The van der Waals surface area contributed by atoms with Crippen LogP contribution in [0.3, 0.4) is 0 Å². The molecule has 0 aliphatic carbocycles. The van der Waals surface area contributed by atoms with Gasteiger partial charge in [0.15, 0.2) is 6.79 Å². The van der Waals surface area contributed by atoms with Crippen LogP contribution in [-0.4, -0.2) is 39.5 Å². The average Bonchev–Trinajstić information content (AvgIpc) is 2.62. The predicted octanol–water partition coefficient (Wildman–Crippen LogP) is 4.96. The highest BCUT2D eigenvalue weighted by atomic mass is 35.5. The molecule has 6 nitrogen and oxygen atoms in total. The van der Waals surface area contributed by atoms with Crippen molar-refractivity contribution in [1.29, 1.82) is 0 Å². The van der Waals surface area contributed by atoms with Gasteiger partial charge in [0.2, 0.25) is 5.88 Å². The lowest BCUT2D eigenvalue weighted by Gasteiger charge is -2.15. The summed E-state index contributed by atoms with van der Waals surface area (Å²) >= 11 is 6.03. The van der Waals surface area contributed by atoms with E-state index < -0.39 is 14.0 Å². The Balaban J connectivity index is 1.95. The number of rotatable bonds is 9. The Morgan fingerprint density at radius 2 is 2.00 bits per heavy atom. The van der Waals surface area contributed by atoms with Gasteiger partial charge in [-0.05, 0) is 30.3 Å². The lowest BCUT2D eigenvalue weighted by atomic mass is 10.2. The zero-order valence-corrected chi connectivity index (χ0v) is 17.8. The third-order valence-corrected chi connectivity index (χ3v) is 5.69. The van der Waals surface area contributed by atoms with Crippen LogP contribution in [0.15, 0.2) is 36.4 Å². The Morgan fingerprint density at radius 1 is 1.22 bits per heavy atom. The second kappa shape index (κ2) is 9.73. The quantitative estimate of drug-likeness (QED) is 0.274. The van der Waals surface area contributed by atoms with Crippen LogP contribution in [0.2, 0.25) is 30.7 Å². The molecule has 0 atom stereocenters. The molecule has 27 heavy (non-hydrogen) atoms. The molecule has 2 rings (SSSR count). The van der Waals surface area contributed by atoms with Crippen molar-refractivity contribution in [1.82, 2.24) is 4.98 Å². The van der Waals surface area contributed by atoms with E-state index in [2.05, 4.69) is 29.9 Å². The number of benzene rings is 1. The minimum absolute atomic E-state index is 0.161. The zero-order valence-electron chi connectivity index (χ0n) is 16.0. The van der Waals surface area contributed by atoms with Crippen molar-refractivity contribution in [3.05, 3.63) is 47.0 Å². The van der Waals surface area contributed by atoms with E-state index in [-0.39, 0.29) is 12.4 Å². The van der Waals surface area contributed by atoms with Crippen LogP contribution in [0.25, 0.3) is 0 Å². The molecule has 0 aliphatic rings. The molecular weight excluding hydrogens is 384 g/mol. The maximum Gasteiger partial charge on any atom is 0.339 e. The van der Waals surface area contributed by atoms with Crippen LogP contribution < -0.4 is 10.1 Å². The van der Waals surface area contributed by atoms with Gasteiger partial charge in [-0.25, -0.2) is 4.79 Å². The van der Waals surface area contributed by atoms with Crippen LogP contribution in [0.4, 0.5) is 11.5 Å². The monoisotopic (exact) mass is 408 g/mol. The first-order valence-electron chi connectivity index (χ1n) is 8.61. The summed E-state index contributed by atoms with van der Waals surface area (Å²) in [6.07, 6.45) is 0. The van der Waals surface area contributed by atoms with Gasteiger partial charge in [-0.1, -0.05) is 37.3 Å². The highest BCUT2D eigenvalue weighted by Crippen LogP contribution is 2.24. The number of nitrogens with zero attached hydrogens (tertiary/aromatic N) is 1. The fourth-order valence-electron chi connectivity index (χ4n) is 2.12. The number of nitrogens with one attached hydrogen (secondary N) is 1. The number of anilines is 2. The minimum Gasteiger partial charge on any atom is -0.465 e. The lowest BCUT2D eigenvalue weighted by molar-refractivity contribution is 0.0194. The largest absolute Gasteiger partial charge is 0.465 e. The van der Waals surface area contributed by atoms with Crippen molar-refractivity contribution in [3.8, 4) is 5.88 Å². The summed E-state index contributed by atoms with van der Waals surface area (Å²) in [6, 6.07) is 11.5. The first kappa shape index (κ1) is 21.2. The number of pyridine rings is 1. The standard InChI is InChI=1S/C19H25ClN2O4Si/c1-24-19(23)15-12-14(8-9-16(15)20)21-17-6-5-7-18(22-17)26-13-25-10-11-27(2,3)4/h5-9,12H,10-11,13H2,1-4H3,(H,21,22). The van der Waals surface area contributed by atoms with Crippen LogP contribution in [0, 0.1) is 0 Å². The zero-order chi connectivity index (χ0) is 19.9. The summed E-state index contributed by atoms with van der Waals surface area (Å²) < 4.78 is 15.8. The van der Waals surface area contributed by atoms with E-state index in [0.29, 0.717) is 29.0 Å². The molecule has 0 saturated carbocycles. The number of halogens is 1. The number of hydrogen-bond donors (Lipinski definition) is 1. The number of aromatic nitrogens is 1. The second-order valence-corrected chi connectivity index (χ2v) is 13.2. The van der Waals surface area contributed by atoms with Crippen LogP contribution in [-0.2, 0) is 9.47 Å². The molecule has 0 unspecified atom stereocenters. The highest BCUT2D eigenvalue weighted by Gasteiger charge is 2.13. The summed E-state index contributed by atoms with van der Waals surface area (Å²) in [5, 5.41) is 3.45. The van der Waals surface area contributed by atoms with Gasteiger partial charge in [-0.3, -0.25) is 0 Å². The molecule has 1 N–H and O–H groups in total. The van der Waals surface area contributed by atoms with Crippen molar-refractivity contribution in [2.75, 3.05) is 25.8 Å². The number of carbonyl (C=O) groups excluding carboxylic acids is 1. The van der Waals surface area contributed by atoms with Crippen molar-refractivity contribution >= 4 is 37.1 Å². The van der Waals surface area contributed by atoms with Gasteiger partial charge in [0.05, 0.1) is 17.7 Å². The first-order valence-corrected chi connectivity index (χ1v) is 12.7. The SMILES string of the molecule is COC(=O)c1cc(Nc2cccc(OCOCC[Si](C)(C)C)n2)ccc1Cl. The van der Waals surface area contributed by atoms with Crippen LogP contribution >= 0.6 is 11.6 Å². The summed E-state index contributed by atoms with van der Waals surface area (Å²) in [5.74, 6) is 0.534. The van der Waals surface area contributed by atoms with Crippen molar-refractivity contribution < 1.29 is 19.0 Å². The Bertz CT molecular complexity index is 781. The summed E-state index contributed by atoms with van der Waals surface area (Å²) in [4.78, 5) is 16.1. The van der Waals surface area contributed by atoms with Gasteiger partial charge < -0.3 is 19.5 Å². The number of carbonyl (C=O) groups is 1. The molecule has 2 aromatic rings. The summed E-state index contributed by atoms with van der Waals surface area (Å²) in [7, 11) is 0.205. The molecule has 0 spiro atoms. The van der Waals surface area contributed by atoms with Gasteiger partial charge in [-0.2, -0.15) is 4.98 Å². The Hall–Kier alpha value is -2.09. The molecule has 146 valence electrons. The maximum atomic E-state index is 11.7. The van der Waals surface area contributed by atoms with E-state index in [0.717, 1.165) is 6.04 Å². The average molecular weight is 409 g/mol. The number of esters is 1. The minimum atomic E-state index is -1.11. The third-order valence-electron chi connectivity index (χ3n) is 3.65. The normalized spacial score (nSPS) is 11.1. The van der Waals surface area contributed by atoms with E-state index in [9.17, 15) is 4.79 Å². The number of methoxy groups -OCH3 is 1. The van der Waals surface area contributed by atoms with Crippen LogP contribution in [0.5, 0.6) is 5.88 Å². The Morgan fingerprint density at radius 3 is 2.70 bits per heavy atom. The number of hydrogen-bond acceptors (Lipinski definition) is 6. The van der Waals surface area contributed by atoms with Gasteiger partial charge in [0.25, 0.3) is 0 Å². The molecule has 0 saturated heterocycles. The molecule has 1 heterocycles.